The Morgan fingerprint density at radius 3 is 2.73 bits per heavy atom. The van der Waals surface area contributed by atoms with Gasteiger partial charge < -0.3 is 0 Å². The normalized spacial score (nSPS) is 12.9. The third-order valence-corrected chi connectivity index (χ3v) is 1.87. The van der Waals surface area contributed by atoms with Gasteiger partial charge in [0.25, 0.3) is 0 Å². The monoisotopic (exact) mass is 140 g/mol. The van der Waals surface area contributed by atoms with E-state index in [0.717, 1.165) is 5.57 Å². The van der Waals surface area contributed by atoms with Gasteiger partial charge in [-0.05, 0) is 17.2 Å². The van der Waals surface area contributed by atoms with E-state index in [2.05, 4.69) is 30.5 Å². The molecule has 0 N–H and O–H groups in total. The Hall–Kier alpha value is -1.52. The molecule has 1 aliphatic rings. The lowest BCUT2D eigenvalue weighted by atomic mass is 10.1. The Kier molecular flexibility index (Phi) is 1.28. The van der Waals surface area contributed by atoms with E-state index in [0.29, 0.717) is 0 Å². The van der Waals surface area contributed by atoms with Crippen LogP contribution in [0.4, 0.5) is 0 Å². The molecular weight excluding hydrogens is 132 g/mol. The maximum Gasteiger partial charge on any atom is 0.0237 e. The number of allylic oxidation sites excluding steroid dienone is 2. The van der Waals surface area contributed by atoms with Crippen molar-refractivity contribution >= 4 is 11.6 Å². The summed E-state index contributed by atoms with van der Waals surface area (Å²) in [5.41, 5.74) is 6.50. The van der Waals surface area contributed by atoms with Crippen LogP contribution in [0.5, 0.6) is 0 Å². The van der Waals surface area contributed by atoms with Gasteiger partial charge in [0.2, 0.25) is 0 Å². The number of rotatable bonds is 0. The molecule has 0 nitrogen and oxygen atoms in total. The van der Waals surface area contributed by atoms with Crippen LogP contribution < -0.4 is 0 Å². The molecule has 2 rings (SSSR count). The minimum absolute atomic E-state index is 1.10. The van der Waals surface area contributed by atoms with Gasteiger partial charge in [-0.15, -0.1) is 5.73 Å². The molecule has 1 aliphatic carbocycles. The lowest BCUT2D eigenvalue weighted by Gasteiger charge is -1.95. The first-order chi connectivity index (χ1) is 5.42. The van der Waals surface area contributed by atoms with Crippen molar-refractivity contribution < 1.29 is 0 Å². The Morgan fingerprint density at radius 1 is 1.09 bits per heavy atom. The molecule has 1 aromatic rings. The summed E-state index contributed by atoms with van der Waals surface area (Å²) in [5.74, 6) is 0. The van der Waals surface area contributed by atoms with Gasteiger partial charge in [-0.1, -0.05) is 36.9 Å². The highest BCUT2D eigenvalue weighted by Gasteiger charge is 2.06. The maximum absolute atomic E-state index is 3.63. The van der Waals surface area contributed by atoms with E-state index in [4.69, 9.17) is 0 Å². The number of hydrogen-bond donors (Lipinski definition) is 0. The summed E-state index contributed by atoms with van der Waals surface area (Å²) < 4.78 is 0. The van der Waals surface area contributed by atoms with Crippen molar-refractivity contribution in [1.29, 1.82) is 0 Å². The van der Waals surface area contributed by atoms with E-state index >= 15 is 0 Å². The fourth-order valence-electron chi connectivity index (χ4n) is 1.30. The summed E-state index contributed by atoms with van der Waals surface area (Å²) in [4.78, 5) is 0. The minimum Gasteiger partial charge on any atom is -0.120 e. The molecule has 0 saturated carbocycles. The van der Waals surface area contributed by atoms with Gasteiger partial charge in [0, 0.05) is 5.57 Å². The molecule has 0 saturated heterocycles. The summed E-state index contributed by atoms with van der Waals surface area (Å²) >= 11 is 0. The van der Waals surface area contributed by atoms with Gasteiger partial charge in [-0.25, -0.2) is 0 Å². The van der Waals surface area contributed by atoms with E-state index in [-0.39, 0.29) is 0 Å². The zero-order valence-electron chi connectivity index (χ0n) is 6.17. The lowest BCUT2D eigenvalue weighted by Crippen LogP contribution is -1.76. The summed E-state index contributed by atoms with van der Waals surface area (Å²) in [6.07, 6.45) is 4.13. The van der Waals surface area contributed by atoms with E-state index in [1.165, 1.54) is 11.1 Å². The predicted molar refractivity (Wildman–Crippen MR) is 48.0 cm³/mol. The van der Waals surface area contributed by atoms with Crippen molar-refractivity contribution in [2.75, 3.05) is 0 Å². The zero-order valence-corrected chi connectivity index (χ0v) is 6.17. The van der Waals surface area contributed by atoms with Crippen LogP contribution in [0.3, 0.4) is 0 Å². The molecular formula is C11H8. The predicted octanol–water partition coefficient (Wildman–Crippen LogP) is 2.88. The molecule has 0 fully saturated rings. The first kappa shape index (κ1) is 6.21. The number of hydrogen-bond acceptors (Lipinski definition) is 0. The summed E-state index contributed by atoms with van der Waals surface area (Å²) in [5, 5.41) is 0. The van der Waals surface area contributed by atoms with Gasteiger partial charge in [-0.2, -0.15) is 0 Å². The highest BCUT2D eigenvalue weighted by molar-refractivity contribution is 5.89. The first-order valence-electron chi connectivity index (χ1n) is 3.59. The van der Waals surface area contributed by atoms with Crippen molar-refractivity contribution in [2.45, 2.75) is 0 Å². The van der Waals surface area contributed by atoms with Crippen LogP contribution in [0.15, 0.2) is 42.7 Å². The van der Waals surface area contributed by atoms with Crippen molar-refractivity contribution in [3.63, 3.8) is 0 Å². The largest absolute Gasteiger partial charge is 0.120 e. The fraction of sp³-hybridized carbons (Fsp3) is 0. The van der Waals surface area contributed by atoms with Gasteiger partial charge in [0.15, 0.2) is 0 Å². The Bertz CT molecular complexity index is 363. The second-order valence-corrected chi connectivity index (χ2v) is 2.51. The highest BCUT2D eigenvalue weighted by Crippen LogP contribution is 2.27. The highest BCUT2D eigenvalue weighted by atomic mass is 14.1. The molecule has 0 radical (unpaired) electrons. The molecule has 1 aromatic carbocycles. The average molecular weight is 140 g/mol. The molecule has 11 heavy (non-hydrogen) atoms. The standard InChI is InChI=1S/C11H8/c1-2-9-7-8-10-5-3-4-6-11(9)10/h3-8H,1H2. The first-order valence-corrected chi connectivity index (χ1v) is 3.59. The Morgan fingerprint density at radius 2 is 1.91 bits per heavy atom. The van der Waals surface area contributed by atoms with Crippen molar-refractivity contribution in [3.8, 4) is 0 Å². The third-order valence-electron chi connectivity index (χ3n) is 1.87. The molecule has 0 bridgehead atoms. The topological polar surface area (TPSA) is 0 Å². The molecule has 0 aliphatic heterocycles. The second-order valence-electron chi connectivity index (χ2n) is 2.51. The van der Waals surface area contributed by atoms with Crippen LogP contribution in [0.2, 0.25) is 0 Å². The van der Waals surface area contributed by atoms with E-state index in [1.54, 1.807) is 0 Å². The summed E-state index contributed by atoms with van der Waals surface area (Å²) in [6, 6.07) is 8.25. The van der Waals surface area contributed by atoms with E-state index in [9.17, 15) is 0 Å². The van der Waals surface area contributed by atoms with Crippen LogP contribution in [0, 0.1) is 0 Å². The van der Waals surface area contributed by atoms with Crippen LogP contribution in [-0.2, 0) is 0 Å². The van der Waals surface area contributed by atoms with Crippen LogP contribution in [0.25, 0.3) is 11.6 Å². The Labute approximate surface area is 66.2 Å². The average Bonchev–Trinajstić information content (AvgIpc) is 2.47. The SMILES string of the molecule is C=C=C1C=Cc2ccccc21. The number of benzene rings is 1. The van der Waals surface area contributed by atoms with Gasteiger partial charge in [0.1, 0.15) is 0 Å². The third kappa shape index (κ3) is 0.849. The molecule has 52 valence electrons. The smallest absolute Gasteiger partial charge is 0.0237 e. The van der Waals surface area contributed by atoms with E-state index < -0.39 is 0 Å². The fourth-order valence-corrected chi connectivity index (χ4v) is 1.30. The van der Waals surface area contributed by atoms with Gasteiger partial charge in [-0.3, -0.25) is 0 Å². The van der Waals surface area contributed by atoms with E-state index in [1.807, 2.05) is 18.2 Å². The minimum atomic E-state index is 1.10. The molecule has 0 heterocycles. The van der Waals surface area contributed by atoms with Crippen LogP contribution in [0.1, 0.15) is 11.1 Å². The summed E-state index contributed by atoms with van der Waals surface area (Å²) in [7, 11) is 0. The maximum atomic E-state index is 3.63. The molecule has 0 heteroatoms. The van der Waals surface area contributed by atoms with Crippen LogP contribution in [-0.4, -0.2) is 0 Å². The summed E-state index contributed by atoms with van der Waals surface area (Å²) in [6.45, 7) is 3.63. The Balaban J connectivity index is 2.72. The molecule has 0 spiro atoms. The molecule has 0 amide bonds. The molecule has 0 atom stereocenters. The van der Waals surface area contributed by atoms with Crippen molar-refractivity contribution in [1.82, 2.24) is 0 Å². The second kappa shape index (κ2) is 2.26. The van der Waals surface area contributed by atoms with Gasteiger partial charge >= 0.3 is 0 Å². The molecule has 0 aromatic heterocycles. The van der Waals surface area contributed by atoms with Crippen molar-refractivity contribution in [3.05, 3.63) is 53.8 Å². The zero-order chi connectivity index (χ0) is 7.68. The van der Waals surface area contributed by atoms with Gasteiger partial charge in [0.05, 0.1) is 0 Å². The van der Waals surface area contributed by atoms with Crippen LogP contribution >= 0.6 is 0 Å². The number of fused-ring (bicyclic) bond motifs is 1. The quantitative estimate of drug-likeness (QED) is 0.486. The lowest BCUT2D eigenvalue weighted by molar-refractivity contribution is 1.62. The van der Waals surface area contributed by atoms with Crippen molar-refractivity contribution in [2.24, 2.45) is 0 Å². The molecule has 0 unspecified atom stereocenters.